The van der Waals surface area contributed by atoms with Gasteiger partial charge in [-0.25, -0.2) is 1.40 Å². The molecular weight excluding hydrogens is 400 g/mol. The summed E-state index contributed by atoms with van der Waals surface area (Å²) in [5, 5.41) is 8.98. The van der Waals surface area contributed by atoms with E-state index in [9.17, 15) is 4.79 Å². The molecule has 0 spiro atoms. The first kappa shape index (κ1) is 12.9. The number of carbonyl (C=O) groups is 1. The molecule has 0 fully saturated rings. The van der Waals surface area contributed by atoms with E-state index in [0.717, 1.165) is 0 Å². The molecule has 4 nitrogen and oxygen atoms in total. The van der Waals surface area contributed by atoms with Crippen LogP contribution in [-0.4, -0.2) is 11.0 Å². The van der Waals surface area contributed by atoms with Crippen molar-refractivity contribution in [3.8, 4) is 5.75 Å². The number of carbonyl (C=O) groups excluding carboxylic acids is 1. The number of benzene rings is 1. The second kappa shape index (κ2) is 7.33. The largest absolute Gasteiger partial charge is 0.507 e. The Morgan fingerprint density at radius 1 is 1.38 bits per heavy atom. The molecule has 0 heterocycles. The van der Waals surface area contributed by atoms with Crippen LogP contribution in [-0.2, 0) is 1.40 Å². The summed E-state index contributed by atoms with van der Waals surface area (Å²) in [6.07, 6.45) is 0. The molecule has 1 aromatic rings. The van der Waals surface area contributed by atoms with Gasteiger partial charge in [0.05, 0.1) is 5.56 Å². The second-order valence-electron chi connectivity index (χ2n) is 1.94. The Labute approximate surface area is 104 Å². The monoisotopic (exact) mass is 407 g/mol. The van der Waals surface area contributed by atoms with Crippen LogP contribution in [0.2, 0.25) is 0 Å². The molecule has 1 aromatic carbocycles. The Morgan fingerprint density at radius 3 is 2.15 bits per heavy atom. The van der Waals surface area contributed by atoms with Crippen molar-refractivity contribution in [2.24, 2.45) is 5.73 Å². The number of para-hydroxylation sites is 1. The SMILES string of the molecule is IOI.NC(=O)c1ccccc1O. The Balaban J connectivity index is 0.000000424. The molecule has 6 heteroatoms. The predicted molar refractivity (Wildman–Crippen MR) is 65.7 cm³/mol. The van der Waals surface area contributed by atoms with Gasteiger partial charge in [0.15, 0.2) is 0 Å². The summed E-state index contributed by atoms with van der Waals surface area (Å²) < 4.78 is 4.19. The third kappa shape index (κ3) is 5.26. The van der Waals surface area contributed by atoms with Gasteiger partial charge in [-0.3, -0.25) is 4.79 Å². The first-order valence-corrected chi connectivity index (χ1v) is 4.86. The molecular formula is C7H7I2NO3. The topological polar surface area (TPSA) is 72.5 Å². The zero-order valence-electron chi connectivity index (χ0n) is 6.41. The summed E-state index contributed by atoms with van der Waals surface area (Å²) in [6.45, 7) is 0. The molecule has 72 valence electrons. The smallest absolute Gasteiger partial charge is 0.252 e. The van der Waals surface area contributed by atoms with Gasteiger partial charge >= 0.3 is 0 Å². The second-order valence-corrected chi connectivity index (χ2v) is 4.51. The average Bonchev–Trinajstić information content (AvgIpc) is 2.06. The van der Waals surface area contributed by atoms with Gasteiger partial charge in [0.1, 0.15) is 51.8 Å². The molecule has 0 atom stereocenters. The highest BCUT2D eigenvalue weighted by Gasteiger charge is 2.03. The molecule has 0 radical (unpaired) electrons. The molecule has 1 amide bonds. The van der Waals surface area contributed by atoms with E-state index in [2.05, 4.69) is 1.40 Å². The van der Waals surface area contributed by atoms with Gasteiger partial charge in [0.2, 0.25) is 0 Å². The van der Waals surface area contributed by atoms with E-state index in [-0.39, 0.29) is 11.3 Å². The Bertz CT molecular complexity index is 280. The van der Waals surface area contributed by atoms with Crippen molar-refractivity contribution >= 4 is 51.9 Å². The summed E-state index contributed by atoms with van der Waals surface area (Å²) >= 11 is 3.55. The van der Waals surface area contributed by atoms with E-state index in [1.165, 1.54) is 12.1 Å². The van der Waals surface area contributed by atoms with Gasteiger partial charge in [0, 0.05) is 0 Å². The Hall–Kier alpha value is -0.0900. The van der Waals surface area contributed by atoms with Crippen LogP contribution in [0.25, 0.3) is 0 Å². The van der Waals surface area contributed by atoms with E-state index in [1.807, 2.05) is 0 Å². The maximum absolute atomic E-state index is 10.5. The van der Waals surface area contributed by atoms with Crippen LogP contribution >= 0.6 is 46.0 Å². The lowest BCUT2D eigenvalue weighted by Crippen LogP contribution is -2.10. The standard InChI is InChI=1S/C7H7NO2.I2O/c8-7(10)5-3-1-2-4-6(5)9;1-3-2/h1-4,9H,(H2,8,10);. The van der Waals surface area contributed by atoms with Crippen molar-refractivity contribution in [3.63, 3.8) is 0 Å². The molecule has 1 rings (SSSR count). The van der Waals surface area contributed by atoms with E-state index in [1.54, 1.807) is 58.1 Å². The van der Waals surface area contributed by atoms with Crippen molar-refractivity contribution in [1.29, 1.82) is 0 Å². The molecule has 0 aliphatic carbocycles. The van der Waals surface area contributed by atoms with Crippen LogP contribution in [0, 0.1) is 0 Å². The van der Waals surface area contributed by atoms with Gasteiger partial charge in [-0.05, 0) is 12.1 Å². The number of amides is 1. The van der Waals surface area contributed by atoms with Crippen molar-refractivity contribution in [2.75, 3.05) is 0 Å². The highest BCUT2D eigenvalue weighted by molar-refractivity contribution is 14.2. The van der Waals surface area contributed by atoms with E-state index in [0.29, 0.717) is 0 Å². The fourth-order valence-electron chi connectivity index (χ4n) is 0.682. The number of primary amides is 1. The van der Waals surface area contributed by atoms with Gasteiger partial charge in [0.25, 0.3) is 5.91 Å². The Kier molecular flexibility index (Phi) is 7.28. The number of nitrogens with two attached hydrogens (primary N) is 1. The lowest BCUT2D eigenvalue weighted by atomic mass is 10.2. The number of aromatic hydroxyl groups is 1. The highest BCUT2D eigenvalue weighted by atomic mass is 127. The van der Waals surface area contributed by atoms with Crippen LogP contribution in [0.1, 0.15) is 10.4 Å². The van der Waals surface area contributed by atoms with Gasteiger partial charge in [-0.2, -0.15) is 0 Å². The lowest BCUT2D eigenvalue weighted by molar-refractivity contribution is 0.0998. The van der Waals surface area contributed by atoms with Crippen LogP contribution in [0.3, 0.4) is 0 Å². The maximum atomic E-state index is 10.5. The first-order valence-electron chi connectivity index (χ1n) is 3.10. The minimum atomic E-state index is -0.613. The Morgan fingerprint density at radius 2 is 1.85 bits per heavy atom. The van der Waals surface area contributed by atoms with Gasteiger partial charge < -0.3 is 10.8 Å². The number of phenols is 1. The first-order chi connectivity index (χ1) is 6.13. The maximum Gasteiger partial charge on any atom is 0.252 e. The minimum absolute atomic E-state index is 0.0741. The summed E-state index contributed by atoms with van der Waals surface area (Å²) in [5.41, 5.74) is 5.07. The van der Waals surface area contributed by atoms with Crippen LogP contribution in [0.15, 0.2) is 24.3 Å². The summed E-state index contributed by atoms with van der Waals surface area (Å²) in [5.74, 6) is -0.687. The highest BCUT2D eigenvalue weighted by Crippen LogP contribution is 2.13. The summed E-state index contributed by atoms with van der Waals surface area (Å²) in [7, 11) is 0. The van der Waals surface area contributed by atoms with Crippen LogP contribution in [0.4, 0.5) is 0 Å². The van der Waals surface area contributed by atoms with Gasteiger partial charge in [-0.15, -0.1) is 0 Å². The molecule has 3 N–H and O–H groups in total. The van der Waals surface area contributed by atoms with E-state index < -0.39 is 5.91 Å². The molecule has 0 saturated carbocycles. The fourth-order valence-corrected chi connectivity index (χ4v) is 0.682. The van der Waals surface area contributed by atoms with Crippen LogP contribution < -0.4 is 5.73 Å². The van der Waals surface area contributed by atoms with E-state index >= 15 is 0 Å². The van der Waals surface area contributed by atoms with Crippen molar-refractivity contribution in [2.45, 2.75) is 0 Å². The molecule has 0 aliphatic heterocycles. The van der Waals surface area contributed by atoms with Crippen molar-refractivity contribution < 1.29 is 11.3 Å². The number of hydrogen-bond donors (Lipinski definition) is 2. The third-order valence-corrected chi connectivity index (χ3v) is 1.17. The van der Waals surface area contributed by atoms with Crippen molar-refractivity contribution in [3.05, 3.63) is 29.8 Å². The number of rotatable bonds is 1. The predicted octanol–water partition coefficient (Wildman–Crippen LogP) is 2.19. The number of halogens is 2. The zero-order valence-corrected chi connectivity index (χ0v) is 10.7. The zero-order chi connectivity index (χ0) is 10.3. The van der Waals surface area contributed by atoms with Gasteiger partial charge in [-0.1, -0.05) is 12.1 Å². The van der Waals surface area contributed by atoms with Crippen LogP contribution in [0.5, 0.6) is 5.75 Å². The normalized spacial score (nSPS) is 8.46. The summed E-state index contributed by atoms with van der Waals surface area (Å²) in [6, 6.07) is 6.15. The number of hydrogen-bond acceptors (Lipinski definition) is 3. The molecule has 0 aromatic heterocycles. The lowest BCUT2D eigenvalue weighted by Gasteiger charge is -1.96. The minimum Gasteiger partial charge on any atom is -0.507 e. The molecule has 0 unspecified atom stereocenters. The summed E-state index contributed by atoms with van der Waals surface area (Å²) in [4.78, 5) is 10.5. The fraction of sp³-hybridized carbons (Fsp3) is 0. The third-order valence-electron chi connectivity index (χ3n) is 1.17. The molecule has 0 saturated heterocycles. The quantitative estimate of drug-likeness (QED) is 0.702. The van der Waals surface area contributed by atoms with Crippen molar-refractivity contribution in [1.82, 2.24) is 0 Å². The van der Waals surface area contributed by atoms with E-state index in [4.69, 9.17) is 10.8 Å². The molecule has 13 heavy (non-hydrogen) atoms. The average molecular weight is 407 g/mol. The molecule has 0 bridgehead atoms. The molecule has 0 aliphatic rings.